The van der Waals surface area contributed by atoms with Crippen LogP contribution in [0, 0.1) is 11.3 Å². The van der Waals surface area contributed by atoms with Gasteiger partial charge in [-0.05, 0) is 6.42 Å². The van der Waals surface area contributed by atoms with Gasteiger partial charge in [-0.25, -0.2) is 0 Å². The molecule has 0 heterocycles. The molecule has 4 heteroatoms. The summed E-state index contributed by atoms with van der Waals surface area (Å²) in [5.41, 5.74) is 0. The fourth-order valence-corrected chi connectivity index (χ4v) is 0.498. The van der Waals surface area contributed by atoms with E-state index < -0.39 is 5.97 Å². The lowest BCUT2D eigenvalue weighted by Gasteiger charge is -1.84. The second-order valence-electron chi connectivity index (χ2n) is 1.41. The molecule has 0 unspecified atom stereocenters. The summed E-state index contributed by atoms with van der Waals surface area (Å²) in [6, 6.07) is 1.75. The highest BCUT2D eigenvalue weighted by atomic mass is 79.9. The molecular weight excluding hydrogens is 198 g/mol. The van der Waals surface area contributed by atoms with Gasteiger partial charge in [-0.15, -0.1) is 0 Å². The van der Waals surface area contributed by atoms with Crippen LogP contribution in [0.1, 0.15) is 19.8 Å². The van der Waals surface area contributed by atoms with Crippen LogP contribution in [0.2, 0.25) is 0 Å². The van der Waals surface area contributed by atoms with Crippen LogP contribution in [-0.4, -0.2) is 16.4 Å². The number of carbonyl (C=O) groups is 1. The Morgan fingerprint density at radius 1 is 1.80 bits per heavy atom. The van der Waals surface area contributed by atoms with Gasteiger partial charge in [-0.3, -0.25) is 4.79 Å². The number of aliphatic carboxylic acids is 1. The van der Waals surface area contributed by atoms with Crippen molar-refractivity contribution in [3.63, 3.8) is 0 Å². The van der Waals surface area contributed by atoms with Gasteiger partial charge in [-0.2, -0.15) is 5.26 Å². The van der Waals surface area contributed by atoms with Crippen molar-refractivity contribution in [1.82, 2.24) is 0 Å². The van der Waals surface area contributed by atoms with Crippen LogP contribution in [-0.2, 0) is 4.79 Å². The first-order valence-corrected chi connectivity index (χ1v) is 3.89. The van der Waals surface area contributed by atoms with Crippen LogP contribution >= 0.6 is 15.9 Å². The Kier molecular flexibility index (Phi) is 13.7. The van der Waals surface area contributed by atoms with Crippen molar-refractivity contribution in [1.29, 1.82) is 5.26 Å². The Morgan fingerprint density at radius 2 is 2.20 bits per heavy atom. The van der Waals surface area contributed by atoms with E-state index in [0.717, 1.165) is 11.8 Å². The third kappa shape index (κ3) is 26.1. The summed E-state index contributed by atoms with van der Waals surface area (Å²) in [5, 5.41) is 16.1. The van der Waals surface area contributed by atoms with E-state index in [0.29, 0.717) is 0 Å². The van der Waals surface area contributed by atoms with Crippen LogP contribution in [0.25, 0.3) is 0 Å². The van der Waals surface area contributed by atoms with Gasteiger partial charge in [0, 0.05) is 18.7 Å². The van der Waals surface area contributed by atoms with Crippen LogP contribution < -0.4 is 0 Å². The van der Waals surface area contributed by atoms with Gasteiger partial charge in [0.2, 0.25) is 0 Å². The van der Waals surface area contributed by atoms with Crippen LogP contribution in [0.3, 0.4) is 0 Å². The molecule has 0 aromatic carbocycles. The number of carboxylic acid groups (broad SMARTS) is 1. The average molecular weight is 208 g/mol. The van der Waals surface area contributed by atoms with Crippen molar-refractivity contribution in [2.75, 3.05) is 5.33 Å². The zero-order chi connectivity index (χ0) is 8.41. The lowest BCUT2D eigenvalue weighted by atomic mass is 10.3. The zero-order valence-corrected chi connectivity index (χ0v) is 7.39. The van der Waals surface area contributed by atoms with Gasteiger partial charge >= 0.3 is 5.97 Å². The molecular formula is C6H10BrNO2. The lowest BCUT2D eigenvalue weighted by molar-refractivity contribution is -0.137. The van der Waals surface area contributed by atoms with E-state index in [1.54, 1.807) is 6.07 Å². The molecule has 0 aromatic rings. The number of carboxylic acids is 1. The highest BCUT2D eigenvalue weighted by Gasteiger charge is 1.91. The summed E-state index contributed by atoms with van der Waals surface area (Å²) < 4.78 is 0. The first kappa shape index (κ1) is 12.1. The molecule has 0 saturated heterocycles. The standard InChI is InChI=1S/C4H7BrO2.C2H3N/c5-3-1-2-4(6)7;1-2-3/h1-3H2,(H,6,7);1H3. The molecule has 0 rings (SSSR count). The van der Waals surface area contributed by atoms with E-state index in [-0.39, 0.29) is 6.42 Å². The first-order valence-electron chi connectivity index (χ1n) is 2.77. The Balaban J connectivity index is 0. The number of nitrogens with zero attached hydrogens (tertiary/aromatic N) is 1. The minimum absolute atomic E-state index is 0.269. The summed E-state index contributed by atoms with van der Waals surface area (Å²) in [6.45, 7) is 1.43. The average Bonchev–Trinajstić information content (AvgIpc) is 1.85. The minimum Gasteiger partial charge on any atom is -0.481 e. The van der Waals surface area contributed by atoms with Crippen molar-refractivity contribution >= 4 is 21.9 Å². The molecule has 0 fully saturated rings. The van der Waals surface area contributed by atoms with E-state index in [4.69, 9.17) is 10.4 Å². The fraction of sp³-hybridized carbons (Fsp3) is 0.667. The zero-order valence-electron chi connectivity index (χ0n) is 5.80. The van der Waals surface area contributed by atoms with E-state index in [1.165, 1.54) is 6.92 Å². The maximum absolute atomic E-state index is 9.74. The van der Waals surface area contributed by atoms with E-state index in [1.807, 2.05) is 0 Å². The normalized spacial score (nSPS) is 6.90. The topological polar surface area (TPSA) is 61.1 Å². The number of nitriles is 1. The highest BCUT2D eigenvalue weighted by molar-refractivity contribution is 9.09. The van der Waals surface area contributed by atoms with Crippen molar-refractivity contribution in [3.8, 4) is 6.07 Å². The Morgan fingerprint density at radius 3 is 2.30 bits per heavy atom. The molecule has 0 spiro atoms. The molecule has 0 aromatic heterocycles. The van der Waals surface area contributed by atoms with Crippen molar-refractivity contribution in [2.24, 2.45) is 0 Å². The number of halogens is 1. The van der Waals surface area contributed by atoms with Gasteiger partial charge in [0.1, 0.15) is 0 Å². The fourth-order valence-electron chi connectivity index (χ4n) is 0.218. The predicted octanol–water partition coefficient (Wildman–Crippen LogP) is 1.78. The first-order chi connectivity index (χ1) is 4.68. The molecule has 0 aliphatic carbocycles. The third-order valence-corrected chi connectivity index (χ3v) is 1.09. The summed E-state index contributed by atoms with van der Waals surface area (Å²) in [7, 11) is 0. The Labute approximate surface area is 68.8 Å². The molecule has 0 radical (unpaired) electrons. The van der Waals surface area contributed by atoms with Gasteiger partial charge in [0.05, 0.1) is 6.07 Å². The third-order valence-electron chi connectivity index (χ3n) is 0.524. The SMILES string of the molecule is CC#N.O=C(O)CCCBr. The van der Waals surface area contributed by atoms with E-state index in [2.05, 4.69) is 15.9 Å². The maximum atomic E-state index is 9.74. The smallest absolute Gasteiger partial charge is 0.303 e. The van der Waals surface area contributed by atoms with E-state index in [9.17, 15) is 4.79 Å². The highest BCUT2D eigenvalue weighted by Crippen LogP contribution is 1.91. The molecule has 0 aliphatic heterocycles. The van der Waals surface area contributed by atoms with Gasteiger partial charge in [-0.1, -0.05) is 15.9 Å². The van der Waals surface area contributed by atoms with Crippen LogP contribution in [0.15, 0.2) is 0 Å². The van der Waals surface area contributed by atoms with E-state index >= 15 is 0 Å². The summed E-state index contributed by atoms with van der Waals surface area (Å²) >= 11 is 3.11. The minimum atomic E-state index is -0.723. The second-order valence-corrected chi connectivity index (χ2v) is 2.20. The Bertz CT molecular complexity index is 119. The number of hydrogen-bond acceptors (Lipinski definition) is 2. The van der Waals surface area contributed by atoms with Crippen LogP contribution in [0.5, 0.6) is 0 Å². The summed E-state index contributed by atoms with van der Waals surface area (Å²) in [6.07, 6.45) is 0.987. The molecule has 10 heavy (non-hydrogen) atoms. The molecule has 58 valence electrons. The molecule has 0 aliphatic rings. The van der Waals surface area contributed by atoms with Crippen molar-refractivity contribution in [2.45, 2.75) is 19.8 Å². The molecule has 0 atom stereocenters. The second kappa shape index (κ2) is 11.3. The molecule has 0 amide bonds. The summed E-state index contributed by atoms with van der Waals surface area (Å²) in [5.74, 6) is -0.723. The monoisotopic (exact) mass is 207 g/mol. The quantitative estimate of drug-likeness (QED) is 0.719. The Hall–Kier alpha value is -0.560. The lowest BCUT2D eigenvalue weighted by Crippen LogP contribution is -1.93. The van der Waals surface area contributed by atoms with Crippen molar-refractivity contribution in [3.05, 3.63) is 0 Å². The largest absolute Gasteiger partial charge is 0.481 e. The molecule has 1 N–H and O–H groups in total. The summed E-state index contributed by atoms with van der Waals surface area (Å²) in [4.78, 5) is 9.74. The number of alkyl halides is 1. The van der Waals surface area contributed by atoms with Crippen LogP contribution in [0.4, 0.5) is 0 Å². The van der Waals surface area contributed by atoms with Gasteiger partial charge in [0.25, 0.3) is 0 Å². The molecule has 0 bridgehead atoms. The number of hydrogen-bond donors (Lipinski definition) is 1. The van der Waals surface area contributed by atoms with Gasteiger partial charge in [0.15, 0.2) is 0 Å². The van der Waals surface area contributed by atoms with Gasteiger partial charge < -0.3 is 5.11 Å². The van der Waals surface area contributed by atoms with Crippen molar-refractivity contribution < 1.29 is 9.90 Å². The molecule has 0 saturated carbocycles. The molecule has 3 nitrogen and oxygen atoms in total. The maximum Gasteiger partial charge on any atom is 0.303 e. The number of rotatable bonds is 3. The predicted molar refractivity (Wildman–Crippen MR) is 42.0 cm³/mol.